The summed E-state index contributed by atoms with van der Waals surface area (Å²) in [6.45, 7) is 0. The SMILES string of the molecule is COc1cccc(OC)c1CC[C@H](O)c1ccccn1. The van der Waals surface area contributed by atoms with Crippen LogP contribution < -0.4 is 9.47 Å². The first-order valence-corrected chi connectivity index (χ1v) is 6.55. The summed E-state index contributed by atoms with van der Waals surface area (Å²) in [4.78, 5) is 4.16. The summed E-state index contributed by atoms with van der Waals surface area (Å²) in [6, 6.07) is 11.2. The van der Waals surface area contributed by atoms with E-state index in [1.807, 2.05) is 36.4 Å². The number of pyridine rings is 1. The minimum absolute atomic E-state index is 0.563. The molecular weight excluding hydrogens is 254 g/mol. The fourth-order valence-electron chi connectivity index (χ4n) is 2.18. The molecule has 0 spiro atoms. The van der Waals surface area contributed by atoms with Gasteiger partial charge < -0.3 is 14.6 Å². The molecule has 106 valence electrons. The van der Waals surface area contributed by atoms with Crippen molar-refractivity contribution in [1.82, 2.24) is 4.98 Å². The third-order valence-corrected chi connectivity index (χ3v) is 3.23. The summed E-state index contributed by atoms with van der Waals surface area (Å²) in [5, 5.41) is 10.2. The highest BCUT2D eigenvalue weighted by atomic mass is 16.5. The van der Waals surface area contributed by atoms with Crippen LogP contribution in [0, 0.1) is 0 Å². The Hall–Kier alpha value is -2.07. The molecule has 1 atom stereocenters. The monoisotopic (exact) mass is 273 g/mol. The fourth-order valence-corrected chi connectivity index (χ4v) is 2.18. The molecule has 1 N–H and O–H groups in total. The van der Waals surface area contributed by atoms with Gasteiger partial charge in [-0.2, -0.15) is 0 Å². The Kier molecular flexibility index (Phi) is 4.96. The van der Waals surface area contributed by atoms with Gasteiger partial charge in [-0.15, -0.1) is 0 Å². The van der Waals surface area contributed by atoms with E-state index >= 15 is 0 Å². The van der Waals surface area contributed by atoms with Crippen LogP contribution in [-0.2, 0) is 6.42 Å². The molecule has 1 heterocycles. The number of rotatable bonds is 6. The Morgan fingerprint density at radius 1 is 1.05 bits per heavy atom. The lowest BCUT2D eigenvalue weighted by atomic mass is 10.0. The molecule has 0 bridgehead atoms. The van der Waals surface area contributed by atoms with Crippen LogP contribution >= 0.6 is 0 Å². The summed E-state index contributed by atoms with van der Waals surface area (Å²) in [5.74, 6) is 1.55. The lowest BCUT2D eigenvalue weighted by Crippen LogP contribution is -2.04. The van der Waals surface area contributed by atoms with Crippen LogP contribution in [-0.4, -0.2) is 24.3 Å². The smallest absolute Gasteiger partial charge is 0.125 e. The number of hydrogen-bond acceptors (Lipinski definition) is 4. The zero-order valence-electron chi connectivity index (χ0n) is 11.7. The largest absolute Gasteiger partial charge is 0.496 e. The van der Waals surface area contributed by atoms with E-state index in [1.165, 1.54) is 0 Å². The highest BCUT2D eigenvalue weighted by molar-refractivity contribution is 5.44. The number of hydrogen-bond donors (Lipinski definition) is 1. The van der Waals surface area contributed by atoms with Gasteiger partial charge in [-0.25, -0.2) is 0 Å². The minimum atomic E-state index is -0.592. The van der Waals surface area contributed by atoms with Gasteiger partial charge in [-0.1, -0.05) is 12.1 Å². The molecule has 0 aliphatic rings. The Bertz CT molecular complexity index is 520. The zero-order valence-corrected chi connectivity index (χ0v) is 11.7. The van der Waals surface area contributed by atoms with Crippen molar-refractivity contribution in [2.75, 3.05) is 14.2 Å². The number of ether oxygens (including phenoxy) is 2. The fraction of sp³-hybridized carbons (Fsp3) is 0.312. The number of methoxy groups -OCH3 is 2. The normalized spacial score (nSPS) is 11.9. The van der Waals surface area contributed by atoms with E-state index in [0.717, 1.165) is 17.1 Å². The zero-order chi connectivity index (χ0) is 14.4. The third kappa shape index (κ3) is 3.27. The van der Waals surface area contributed by atoms with E-state index in [1.54, 1.807) is 20.4 Å². The Labute approximate surface area is 119 Å². The Morgan fingerprint density at radius 3 is 2.30 bits per heavy atom. The Morgan fingerprint density at radius 2 is 1.75 bits per heavy atom. The number of aliphatic hydroxyl groups excluding tert-OH is 1. The van der Waals surface area contributed by atoms with Gasteiger partial charge in [0.2, 0.25) is 0 Å². The van der Waals surface area contributed by atoms with Crippen molar-refractivity contribution in [1.29, 1.82) is 0 Å². The summed E-state index contributed by atoms with van der Waals surface area (Å²) < 4.78 is 10.7. The molecule has 0 aliphatic heterocycles. The molecule has 0 radical (unpaired) electrons. The topological polar surface area (TPSA) is 51.6 Å². The van der Waals surface area contributed by atoms with Gasteiger partial charge in [0.15, 0.2) is 0 Å². The summed E-state index contributed by atoms with van der Waals surface area (Å²) in [6.07, 6.45) is 2.31. The molecule has 0 saturated heterocycles. The maximum absolute atomic E-state index is 10.2. The van der Waals surface area contributed by atoms with Gasteiger partial charge in [0.1, 0.15) is 11.5 Å². The molecule has 4 nitrogen and oxygen atoms in total. The van der Waals surface area contributed by atoms with Crippen LogP contribution in [0.1, 0.15) is 23.8 Å². The van der Waals surface area contributed by atoms with Crippen molar-refractivity contribution < 1.29 is 14.6 Å². The molecular formula is C16H19NO3. The van der Waals surface area contributed by atoms with Crippen LogP contribution in [0.15, 0.2) is 42.6 Å². The van der Waals surface area contributed by atoms with E-state index in [2.05, 4.69) is 4.98 Å². The number of aliphatic hydroxyl groups is 1. The van der Waals surface area contributed by atoms with Crippen LogP contribution in [0.25, 0.3) is 0 Å². The number of nitrogens with zero attached hydrogens (tertiary/aromatic N) is 1. The highest BCUT2D eigenvalue weighted by Crippen LogP contribution is 2.31. The van der Waals surface area contributed by atoms with Gasteiger partial charge in [0.05, 0.1) is 26.0 Å². The van der Waals surface area contributed by atoms with E-state index in [4.69, 9.17) is 9.47 Å². The van der Waals surface area contributed by atoms with Crippen molar-refractivity contribution in [3.63, 3.8) is 0 Å². The van der Waals surface area contributed by atoms with Crippen LogP contribution in [0.3, 0.4) is 0 Å². The summed E-state index contributed by atoms with van der Waals surface area (Å²) in [5.41, 5.74) is 1.65. The highest BCUT2D eigenvalue weighted by Gasteiger charge is 2.14. The molecule has 1 aromatic carbocycles. The van der Waals surface area contributed by atoms with Crippen LogP contribution in [0.2, 0.25) is 0 Å². The van der Waals surface area contributed by atoms with E-state index in [9.17, 15) is 5.11 Å². The van der Waals surface area contributed by atoms with Gasteiger partial charge in [0.25, 0.3) is 0 Å². The molecule has 1 aromatic heterocycles. The van der Waals surface area contributed by atoms with E-state index in [0.29, 0.717) is 18.5 Å². The molecule has 0 saturated carbocycles. The van der Waals surface area contributed by atoms with Crippen LogP contribution in [0.5, 0.6) is 11.5 Å². The molecule has 0 fully saturated rings. The summed E-state index contributed by atoms with van der Waals surface area (Å²) in [7, 11) is 3.26. The second kappa shape index (κ2) is 6.91. The quantitative estimate of drug-likeness (QED) is 0.879. The van der Waals surface area contributed by atoms with Gasteiger partial charge in [-0.3, -0.25) is 4.98 Å². The predicted octanol–water partition coefficient (Wildman–Crippen LogP) is 2.77. The average Bonchev–Trinajstić information content (AvgIpc) is 2.52. The molecule has 0 unspecified atom stereocenters. The van der Waals surface area contributed by atoms with Gasteiger partial charge in [-0.05, 0) is 37.1 Å². The lowest BCUT2D eigenvalue weighted by Gasteiger charge is -2.15. The molecule has 0 amide bonds. The van der Waals surface area contributed by atoms with Crippen molar-refractivity contribution >= 4 is 0 Å². The second-order valence-corrected chi connectivity index (χ2v) is 4.45. The van der Waals surface area contributed by atoms with Crippen molar-refractivity contribution in [3.05, 3.63) is 53.9 Å². The maximum atomic E-state index is 10.2. The predicted molar refractivity (Wildman–Crippen MR) is 77.1 cm³/mol. The standard InChI is InChI=1S/C16H19NO3/c1-19-15-7-5-8-16(20-2)12(15)9-10-14(18)13-6-3-4-11-17-13/h3-8,11,14,18H,9-10H2,1-2H3/t14-/m0/s1. The second-order valence-electron chi connectivity index (χ2n) is 4.45. The average molecular weight is 273 g/mol. The van der Waals surface area contributed by atoms with Crippen molar-refractivity contribution in [3.8, 4) is 11.5 Å². The molecule has 0 aliphatic carbocycles. The van der Waals surface area contributed by atoms with Crippen molar-refractivity contribution in [2.24, 2.45) is 0 Å². The number of benzene rings is 1. The van der Waals surface area contributed by atoms with Crippen LogP contribution in [0.4, 0.5) is 0 Å². The third-order valence-electron chi connectivity index (χ3n) is 3.23. The first-order valence-electron chi connectivity index (χ1n) is 6.55. The van der Waals surface area contributed by atoms with Gasteiger partial charge in [0, 0.05) is 11.8 Å². The van der Waals surface area contributed by atoms with Gasteiger partial charge >= 0.3 is 0 Å². The first kappa shape index (κ1) is 14.3. The minimum Gasteiger partial charge on any atom is -0.496 e. The summed E-state index contributed by atoms with van der Waals surface area (Å²) >= 11 is 0. The molecule has 2 aromatic rings. The van der Waals surface area contributed by atoms with Crippen molar-refractivity contribution in [2.45, 2.75) is 18.9 Å². The Balaban J connectivity index is 2.11. The number of aromatic nitrogens is 1. The maximum Gasteiger partial charge on any atom is 0.125 e. The van der Waals surface area contributed by atoms with E-state index < -0.39 is 6.10 Å². The molecule has 2 rings (SSSR count). The first-order chi connectivity index (χ1) is 9.76. The molecule has 4 heteroatoms. The van der Waals surface area contributed by atoms with E-state index in [-0.39, 0.29) is 0 Å². The molecule has 20 heavy (non-hydrogen) atoms. The lowest BCUT2D eigenvalue weighted by molar-refractivity contribution is 0.162.